The van der Waals surface area contributed by atoms with E-state index in [0.29, 0.717) is 12.3 Å². The summed E-state index contributed by atoms with van der Waals surface area (Å²) in [5, 5.41) is 6.24. The minimum absolute atomic E-state index is 0.155. The predicted molar refractivity (Wildman–Crippen MR) is 99.6 cm³/mol. The highest BCUT2D eigenvalue weighted by Crippen LogP contribution is 2.24. The van der Waals surface area contributed by atoms with Crippen molar-refractivity contribution in [3.63, 3.8) is 0 Å². The van der Waals surface area contributed by atoms with E-state index in [-0.39, 0.29) is 5.91 Å². The van der Waals surface area contributed by atoms with E-state index in [1.54, 1.807) is 11.3 Å². The maximum atomic E-state index is 12.1. The second kappa shape index (κ2) is 8.29. The fourth-order valence-electron chi connectivity index (χ4n) is 3.25. The number of nitrogens with one attached hydrogen (secondary N) is 1. The number of piperidine rings is 1. The van der Waals surface area contributed by atoms with Crippen LogP contribution in [-0.4, -0.2) is 30.5 Å². The Hall–Kier alpha value is -1.88. The van der Waals surface area contributed by atoms with Gasteiger partial charge in [-0.05, 0) is 37.7 Å². The number of carbonyl (C=O) groups is 1. The highest BCUT2D eigenvalue weighted by atomic mass is 32.1. The lowest BCUT2D eigenvalue weighted by atomic mass is 9.98. The molecule has 0 spiro atoms. The first-order valence-electron chi connectivity index (χ1n) is 8.67. The highest BCUT2D eigenvalue weighted by molar-refractivity contribution is 7.13. The van der Waals surface area contributed by atoms with Gasteiger partial charge in [0, 0.05) is 37.6 Å². The molecule has 0 saturated carbocycles. The average Bonchev–Trinajstić information content (AvgIpc) is 3.13. The maximum Gasteiger partial charge on any atom is 0.220 e. The second-order valence-corrected chi connectivity index (χ2v) is 7.44. The number of amides is 1. The third kappa shape index (κ3) is 4.81. The van der Waals surface area contributed by atoms with Crippen molar-refractivity contribution in [1.29, 1.82) is 0 Å². The van der Waals surface area contributed by atoms with Crippen molar-refractivity contribution < 1.29 is 4.79 Å². The quantitative estimate of drug-likeness (QED) is 0.874. The number of aryl methyl sites for hydroxylation is 2. The topological polar surface area (TPSA) is 45.2 Å². The van der Waals surface area contributed by atoms with Crippen LogP contribution >= 0.6 is 11.3 Å². The third-order valence-electron chi connectivity index (χ3n) is 4.52. The zero-order chi connectivity index (χ0) is 16.8. The highest BCUT2D eigenvalue weighted by Gasteiger charge is 2.21. The predicted octanol–water partition coefficient (Wildman–Crippen LogP) is 3.42. The summed E-state index contributed by atoms with van der Waals surface area (Å²) >= 11 is 1.69. The van der Waals surface area contributed by atoms with Crippen LogP contribution in [0.5, 0.6) is 0 Å². The SMILES string of the molecule is Cc1cccc(CCC(=O)NCC2CCCN(c3nccs3)C2)c1. The molecule has 0 aliphatic carbocycles. The van der Waals surface area contributed by atoms with Crippen molar-refractivity contribution in [3.05, 3.63) is 47.0 Å². The zero-order valence-electron chi connectivity index (χ0n) is 14.2. The van der Waals surface area contributed by atoms with Gasteiger partial charge in [-0.2, -0.15) is 0 Å². The summed E-state index contributed by atoms with van der Waals surface area (Å²) in [6, 6.07) is 8.38. The van der Waals surface area contributed by atoms with Crippen molar-refractivity contribution in [1.82, 2.24) is 10.3 Å². The van der Waals surface area contributed by atoms with Gasteiger partial charge >= 0.3 is 0 Å². The summed E-state index contributed by atoms with van der Waals surface area (Å²) in [5.74, 6) is 0.674. The number of nitrogens with zero attached hydrogens (tertiary/aromatic N) is 2. The lowest BCUT2D eigenvalue weighted by Crippen LogP contribution is -2.41. The Balaban J connectivity index is 1.41. The van der Waals surface area contributed by atoms with Crippen molar-refractivity contribution in [2.75, 3.05) is 24.5 Å². The fourth-order valence-corrected chi connectivity index (χ4v) is 3.93. The number of rotatable bonds is 6. The van der Waals surface area contributed by atoms with Gasteiger partial charge < -0.3 is 10.2 Å². The standard InChI is InChI=1S/C19H25N3OS/c1-15-4-2-5-16(12-15)7-8-18(23)21-13-17-6-3-10-22(14-17)19-20-9-11-24-19/h2,4-5,9,11-12,17H,3,6-8,10,13-14H2,1H3,(H,21,23). The summed E-state index contributed by atoms with van der Waals surface area (Å²) < 4.78 is 0. The van der Waals surface area contributed by atoms with Crippen LogP contribution in [0.4, 0.5) is 5.13 Å². The Labute approximate surface area is 147 Å². The van der Waals surface area contributed by atoms with Gasteiger partial charge in [0.1, 0.15) is 0 Å². The Bertz CT molecular complexity index is 656. The van der Waals surface area contributed by atoms with Crippen molar-refractivity contribution in [2.45, 2.75) is 32.6 Å². The Morgan fingerprint density at radius 2 is 2.38 bits per heavy atom. The molecule has 1 atom stereocenters. The van der Waals surface area contributed by atoms with Crippen LogP contribution in [-0.2, 0) is 11.2 Å². The van der Waals surface area contributed by atoms with Crippen LogP contribution in [0.3, 0.4) is 0 Å². The molecule has 1 aliphatic rings. The third-order valence-corrected chi connectivity index (χ3v) is 5.35. The fraction of sp³-hybridized carbons (Fsp3) is 0.474. The van der Waals surface area contributed by atoms with Crippen molar-refractivity contribution >= 4 is 22.4 Å². The van der Waals surface area contributed by atoms with E-state index in [0.717, 1.165) is 31.2 Å². The molecule has 1 N–H and O–H groups in total. The first-order chi connectivity index (χ1) is 11.7. The molecule has 1 saturated heterocycles. The van der Waals surface area contributed by atoms with Crippen LogP contribution in [0.25, 0.3) is 0 Å². The number of hydrogen-bond donors (Lipinski definition) is 1. The van der Waals surface area contributed by atoms with E-state index < -0.39 is 0 Å². The molecule has 128 valence electrons. The van der Waals surface area contributed by atoms with Crippen molar-refractivity contribution in [2.24, 2.45) is 5.92 Å². The molecular formula is C19H25N3OS. The lowest BCUT2D eigenvalue weighted by Gasteiger charge is -2.32. The molecule has 0 radical (unpaired) electrons. The maximum absolute atomic E-state index is 12.1. The molecule has 1 unspecified atom stereocenters. The minimum Gasteiger partial charge on any atom is -0.356 e. The van der Waals surface area contributed by atoms with Gasteiger partial charge in [-0.3, -0.25) is 4.79 Å². The van der Waals surface area contributed by atoms with E-state index >= 15 is 0 Å². The second-order valence-electron chi connectivity index (χ2n) is 6.56. The van der Waals surface area contributed by atoms with Gasteiger partial charge in [0.2, 0.25) is 5.91 Å². The Morgan fingerprint density at radius 3 is 3.17 bits per heavy atom. The largest absolute Gasteiger partial charge is 0.356 e. The first kappa shape index (κ1) is 17.0. The summed E-state index contributed by atoms with van der Waals surface area (Å²) in [6.45, 7) is 4.92. The molecule has 1 amide bonds. The number of benzene rings is 1. The number of thiazole rings is 1. The normalized spacial score (nSPS) is 17.7. The smallest absolute Gasteiger partial charge is 0.220 e. The number of aromatic nitrogens is 1. The molecule has 5 heteroatoms. The average molecular weight is 343 g/mol. The molecule has 2 heterocycles. The van der Waals surface area contributed by atoms with Gasteiger partial charge in [0.05, 0.1) is 0 Å². The summed E-state index contributed by atoms with van der Waals surface area (Å²) in [6.07, 6.45) is 5.58. The first-order valence-corrected chi connectivity index (χ1v) is 9.55. The van der Waals surface area contributed by atoms with E-state index in [1.807, 2.05) is 11.6 Å². The number of hydrogen-bond acceptors (Lipinski definition) is 4. The Kier molecular flexibility index (Phi) is 5.86. The van der Waals surface area contributed by atoms with E-state index in [2.05, 4.69) is 46.4 Å². The molecule has 4 nitrogen and oxygen atoms in total. The number of anilines is 1. The van der Waals surface area contributed by atoms with Gasteiger partial charge in [-0.25, -0.2) is 4.98 Å². The van der Waals surface area contributed by atoms with E-state index in [1.165, 1.54) is 24.0 Å². The monoisotopic (exact) mass is 343 g/mol. The summed E-state index contributed by atoms with van der Waals surface area (Å²) in [5.41, 5.74) is 2.48. The Morgan fingerprint density at radius 1 is 1.46 bits per heavy atom. The molecule has 24 heavy (non-hydrogen) atoms. The molecule has 1 aromatic carbocycles. The van der Waals surface area contributed by atoms with E-state index in [9.17, 15) is 4.79 Å². The van der Waals surface area contributed by atoms with Gasteiger partial charge in [0.25, 0.3) is 0 Å². The van der Waals surface area contributed by atoms with Crippen LogP contribution < -0.4 is 10.2 Å². The molecular weight excluding hydrogens is 318 g/mol. The summed E-state index contributed by atoms with van der Waals surface area (Å²) in [4.78, 5) is 18.9. The molecule has 1 fully saturated rings. The van der Waals surface area contributed by atoms with Crippen LogP contribution in [0.1, 0.15) is 30.4 Å². The molecule has 1 aliphatic heterocycles. The van der Waals surface area contributed by atoms with Crippen molar-refractivity contribution in [3.8, 4) is 0 Å². The molecule has 0 bridgehead atoms. The summed E-state index contributed by atoms with van der Waals surface area (Å²) in [7, 11) is 0. The lowest BCUT2D eigenvalue weighted by molar-refractivity contribution is -0.121. The number of carbonyl (C=O) groups excluding carboxylic acids is 1. The minimum atomic E-state index is 0.155. The molecule has 2 aromatic rings. The van der Waals surface area contributed by atoms with Gasteiger partial charge in [-0.1, -0.05) is 29.8 Å². The molecule has 3 rings (SSSR count). The van der Waals surface area contributed by atoms with Crippen LogP contribution in [0.15, 0.2) is 35.8 Å². The van der Waals surface area contributed by atoms with Gasteiger partial charge in [0.15, 0.2) is 5.13 Å². The van der Waals surface area contributed by atoms with Gasteiger partial charge in [-0.15, -0.1) is 11.3 Å². The molecule has 1 aromatic heterocycles. The van der Waals surface area contributed by atoms with Crippen LogP contribution in [0, 0.1) is 12.8 Å². The van der Waals surface area contributed by atoms with E-state index in [4.69, 9.17) is 0 Å². The zero-order valence-corrected chi connectivity index (χ0v) is 15.0. The van der Waals surface area contributed by atoms with Crippen LogP contribution in [0.2, 0.25) is 0 Å².